The molecule has 0 aromatic carbocycles. The second kappa shape index (κ2) is 2.21. The molecule has 2 heteroatoms. The summed E-state index contributed by atoms with van der Waals surface area (Å²) in [5.74, 6) is 0. The van der Waals surface area contributed by atoms with Crippen molar-refractivity contribution in [3.63, 3.8) is 0 Å². The van der Waals surface area contributed by atoms with Crippen LogP contribution < -0.4 is 5.32 Å². The van der Waals surface area contributed by atoms with Crippen molar-refractivity contribution in [1.29, 1.82) is 0 Å². The smallest absolute Gasteiger partial charge is 0.0751 e. The van der Waals surface area contributed by atoms with Crippen LogP contribution in [0, 0.1) is 0 Å². The molecule has 0 saturated carbocycles. The molecule has 1 rings (SSSR count). The SMILES string of the molecule is CC1(C)COC(C)(C)CN1. The largest absolute Gasteiger partial charge is 0.372 e. The van der Waals surface area contributed by atoms with Gasteiger partial charge in [-0.3, -0.25) is 0 Å². The van der Waals surface area contributed by atoms with E-state index in [2.05, 4.69) is 33.0 Å². The van der Waals surface area contributed by atoms with Gasteiger partial charge in [-0.2, -0.15) is 0 Å². The average molecular weight is 143 g/mol. The van der Waals surface area contributed by atoms with Crippen molar-refractivity contribution in [2.75, 3.05) is 13.2 Å². The highest BCUT2D eigenvalue weighted by Gasteiger charge is 2.31. The molecule has 0 aromatic heterocycles. The minimum atomic E-state index is 0.0233. The van der Waals surface area contributed by atoms with Gasteiger partial charge in [-0.15, -0.1) is 0 Å². The minimum Gasteiger partial charge on any atom is -0.372 e. The number of hydrogen-bond donors (Lipinski definition) is 1. The highest BCUT2D eigenvalue weighted by Crippen LogP contribution is 2.18. The molecule has 0 spiro atoms. The van der Waals surface area contributed by atoms with Crippen molar-refractivity contribution in [3.05, 3.63) is 0 Å². The molecule has 1 fully saturated rings. The predicted molar refractivity (Wildman–Crippen MR) is 42.1 cm³/mol. The van der Waals surface area contributed by atoms with Gasteiger partial charge in [-0.05, 0) is 27.7 Å². The van der Waals surface area contributed by atoms with Crippen LogP contribution in [0.4, 0.5) is 0 Å². The fourth-order valence-corrected chi connectivity index (χ4v) is 0.930. The van der Waals surface area contributed by atoms with Crippen molar-refractivity contribution in [1.82, 2.24) is 5.32 Å². The second-order valence-corrected chi connectivity index (χ2v) is 4.29. The molecular weight excluding hydrogens is 126 g/mol. The van der Waals surface area contributed by atoms with E-state index in [9.17, 15) is 0 Å². The topological polar surface area (TPSA) is 21.3 Å². The first-order valence-electron chi connectivity index (χ1n) is 3.80. The molecule has 0 unspecified atom stereocenters. The third-order valence-electron chi connectivity index (χ3n) is 1.82. The zero-order valence-corrected chi connectivity index (χ0v) is 7.32. The van der Waals surface area contributed by atoms with Crippen molar-refractivity contribution in [2.24, 2.45) is 0 Å². The molecule has 0 atom stereocenters. The Morgan fingerprint density at radius 1 is 1.20 bits per heavy atom. The van der Waals surface area contributed by atoms with E-state index < -0.39 is 0 Å². The number of ether oxygens (including phenoxy) is 1. The lowest BCUT2D eigenvalue weighted by molar-refractivity contribution is -0.0782. The molecule has 0 amide bonds. The maximum Gasteiger partial charge on any atom is 0.0751 e. The van der Waals surface area contributed by atoms with Crippen LogP contribution >= 0.6 is 0 Å². The van der Waals surface area contributed by atoms with Crippen LogP contribution in [0.2, 0.25) is 0 Å². The molecule has 0 aliphatic carbocycles. The molecule has 1 saturated heterocycles. The maximum absolute atomic E-state index is 5.62. The third-order valence-corrected chi connectivity index (χ3v) is 1.82. The summed E-state index contributed by atoms with van der Waals surface area (Å²) < 4.78 is 5.62. The summed E-state index contributed by atoms with van der Waals surface area (Å²) in [6.07, 6.45) is 0. The lowest BCUT2D eigenvalue weighted by Crippen LogP contribution is -2.57. The van der Waals surface area contributed by atoms with Crippen LogP contribution in [0.1, 0.15) is 27.7 Å². The fourth-order valence-electron chi connectivity index (χ4n) is 0.930. The van der Waals surface area contributed by atoms with Gasteiger partial charge in [0.15, 0.2) is 0 Å². The van der Waals surface area contributed by atoms with Crippen molar-refractivity contribution < 1.29 is 4.74 Å². The van der Waals surface area contributed by atoms with Gasteiger partial charge in [0.25, 0.3) is 0 Å². The monoisotopic (exact) mass is 143 g/mol. The average Bonchev–Trinajstić information content (AvgIpc) is 1.79. The third kappa shape index (κ3) is 1.96. The molecule has 10 heavy (non-hydrogen) atoms. The molecule has 60 valence electrons. The Morgan fingerprint density at radius 2 is 1.80 bits per heavy atom. The molecule has 1 aliphatic heterocycles. The van der Waals surface area contributed by atoms with Crippen molar-refractivity contribution in [2.45, 2.75) is 38.8 Å². The van der Waals surface area contributed by atoms with Crippen LogP contribution in [-0.4, -0.2) is 24.3 Å². The zero-order valence-electron chi connectivity index (χ0n) is 7.32. The van der Waals surface area contributed by atoms with E-state index in [0.717, 1.165) is 13.2 Å². The van der Waals surface area contributed by atoms with Gasteiger partial charge in [0.1, 0.15) is 0 Å². The molecule has 0 bridgehead atoms. The van der Waals surface area contributed by atoms with Gasteiger partial charge in [0.2, 0.25) is 0 Å². The Morgan fingerprint density at radius 3 is 2.10 bits per heavy atom. The molecule has 0 aromatic rings. The zero-order chi connectivity index (χ0) is 7.83. The van der Waals surface area contributed by atoms with E-state index in [1.165, 1.54) is 0 Å². The Labute approximate surface area is 63.0 Å². The lowest BCUT2D eigenvalue weighted by atomic mass is 10.00. The molecule has 1 aliphatic rings. The molecule has 1 heterocycles. The van der Waals surface area contributed by atoms with Crippen LogP contribution in [0.3, 0.4) is 0 Å². The lowest BCUT2D eigenvalue weighted by Gasteiger charge is -2.40. The van der Waals surface area contributed by atoms with E-state index in [4.69, 9.17) is 4.74 Å². The van der Waals surface area contributed by atoms with Gasteiger partial charge in [0, 0.05) is 12.1 Å². The first-order valence-corrected chi connectivity index (χ1v) is 3.80. The van der Waals surface area contributed by atoms with Crippen LogP contribution in [-0.2, 0) is 4.74 Å². The van der Waals surface area contributed by atoms with Gasteiger partial charge in [0.05, 0.1) is 12.2 Å². The van der Waals surface area contributed by atoms with Gasteiger partial charge in [-0.25, -0.2) is 0 Å². The first-order chi connectivity index (χ1) is 4.41. The maximum atomic E-state index is 5.62. The van der Waals surface area contributed by atoms with E-state index in [1.807, 2.05) is 0 Å². The Hall–Kier alpha value is -0.0800. The van der Waals surface area contributed by atoms with Gasteiger partial charge >= 0.3 is 0 Å². The quantitative estimate of drug-likeness (QED) is 0.549. The molecule has 1 N–H and O–H groups in total. The Balaban J connectivity index is 2.46. The molecular formula is C8H17NO. The number of nitrogens with one attached hydrogen (secondary N) is 1. The van der Waals surface area contributed by atoms with E-state index in [-0.39, 0.29) is 11.1 Å². The summed E-state index contributed by atoms with van der Waals surface area (Å²) in [5.41, 5.74) is 0.186. The van der Waals surface area contributed by atoms with Crippen molar-refractivity contribution in [3.8, 4) is 0 Å². The Kier molecular flexibility index (Phi) is 1.77. The second-order valence-electron chi connectivity index (χ2n) is 4.29. The minimum absolute atomic E-state index is 0.0233. The summed E-state index contributed by atoms with van der Waals surface area (Å²) in [6.45, 7) is 10.3. The number of rotatable bonds is 0. The number of morpholine rings is 1. The van der Waals surface area contributed by atoms with Crippen molar-refractivity contribution >= 4 is 0 Å². The van der Waals surface area contributed by atoms with Gasteiger partial charge < -0.3 is 10.1 Å². The highest BCUT2D eigenvalue weighted by molar-refractivity contribution is 4.87. The Bertz CT molecular complexity index is 101. The van der Waals surface area contributed by atoms with Crippen LogP contribution in [0.25, 0.3) is 0 Å². The summed E-state index contributed by atoms with van der Waals surface area (Å²) in [7, 11) is 0. The summed E-state index contributed by atoms with van der Waals surface area (Å²) in [5, 5.41) is 3.42. The van der Waals surface area contributed by atoms with E-state index in [0.29, 0.717) is 0 Å². The van der Waals surface area contributed by atoms with E-state index in [1.54, 1.807) is 0 Å². The standard InChI is InChI=1S/C8H17NO/c1-7(2)6-10-8(3,4)5-9-7/h9H,5-6H2,1-4H3. The van der Waals surface area contributed by atoms with Crippen LogP contribution in [0.15, 0.2) is 0 Å². The summed E-state index contributed by atoms with van der Waals surface area (Å²) >= 11 is 0. The normalized spacial score (nSPS) is 30.0. The molecule has 0 radical (unpaired) electrons. The summed E-state index contributed by atoms with van der Waals surface area (Å²) in [4.78, 5) is 0. The fraction of sp³-hybridized carbons (Fsp3) is 1.00. The highest BCUT2D eigenvalue weighted by atomic mass is 16.5. The van der Waals surface area contributed by atoms with E-state index >= 15 is 0 Å². The summed E-state index contributed by atoms with van der Waals surface area (Å²) in [6, 6.07) is 0. The predicted octanol–water partition coefficient (Wildman–Crippen LogP) is 1.16. The first kappa shape index (κ1) is 8.02. The van der Waals surface area contributed by atoms with Crippen LogP contribution in [0.5, 0.6) is 0 Å². The molecule has 2 nitrogen and oxygen atoms in total. The number of hydrogen-bond acceptors (Lipinski definition) is 2. The van der Waals surface area contributed by atoms with Gasteiger partial charge in [-0.1, -0.05) is 0 Å².